The fourth-order valence-electron chi connectivity index (χ4n) is 2.65. The van der Waals surface area contributed by atoms with Gasteiger partial charge in [0.2, 0.25) is 0 Å². The fourth-order valence-corrected chi connectivity index (χ4v) is 2.65. The van der Waals surface area contributed by atoms with Gasteiger partial charge in [-0.3, -0.25) is 4.79 Å². The molecule has 0 aromatic rings. The number of rotatable bonds is 3. The summed E-state index contributed by atoms with van der Waals surface area (Å²) in [6, 6.07) is 0. The molecule has 1 rings (SSSR count). The molecule has 0 amide bonds. The van der Waals surface area contributed by atoms with Gasteiger partial charge in [-0.05, 0) is 25.5 Å². The zero-order valence-corrected chi connectivity index (χ0v) is 11.2. The average Bonchev–Trinajstić information content (AvgIpc) is 2.22. The highest BCUT2D eigenvalue weighted by molar-refractivity contribution is 5.92. The van der Waals surface area contributed by atoms with Gasteiger partial charge in [0.15, 0.2) is 5.78 Å². The smallest absolute Gasteiger partial charge is 0.156 e. The number of aliphatic hydroxyl groups is 4. The molecular weight excluding hydrogens is 236 g/mol. The molecule has 0 bridgehead atoms. The standard InChI is InChI=1S/C13H22O5/c1-7-5-9(15)6-12(3,4)13(7,18)11(17)10(16)8(2)14/h5,8,10-11,14,16-18H,6H2,1-4H3/t8-,10-,11-,13-/m0/s1. The van der Waals surface area contributed by atoms with E-state index in [0.29, 0.717) is 5.57 Å². The number of hydrogen-bond donors (Lipinski definition) is 4. The van der Waals surface area contributed by atoms with E-state index in [4.69, 9.17) is 0 Å². The van der Waals surface area contributed by atoms with E-state index >= 15 is 0 Å². The van der Waals surface area contributed by atoms with Crippen LogP contribution in [-0.2, 0) is 4.79 Å². The summed E-state index contributed by atoms with van der Waals surface area (Å²) in [7, 11) is 0. The first-order valence-electron chi connectivity index (χ1n) is 6.02. The molecule has 0 aromatic carbocycles. The number of hydrogen-bond acceptors (Lipinski definition) is 5. The zero-order chi connectivity index (χ0) is 14.3. The molecule has 0 radical (unpaired) electrons. The topological polar surface area (TPSA) is 98.0 Å². The van der Waals surface area contributed by atoms with Crippen LogP contribution < -0.4 is 0 Å². The molecule has 4 N–H and O–H groups in total. The second kappa shape index (κ2) is 4.74. The van der Waals surface area contributed by atoms with E-state index in [-0.39, 0.29) is 12.2 Å². The van der Waals surface area contributed by atoms with Gasteiger partial charge < -0.3 is 20.4 Å². The van der Waals surface area contributed by atoms with Crippen molar-refractivity contribution in [2.24, 2.45) is 5.41 Å². The molecule has 0 spiro atoms. The predicted molar refractivity (Wildman–Crippen MR) is 65.8 cm³/mol. The van der Waals surface area contributed by atoms with Crippen molar-refractivity contribution in [3.63, 3.8) is 0 Å². The van der Waals surface area contributed by atoms with Gasteiger partial charge in [-0.1, -0.05) is 13.8 Å². The SMILES string of the molecule is CC1=CC(=O)CC(C)(C)[C@@]1(O)[C@@H](O)[C@@H](O)[C@H](C)O. The van der Waals surface area contributed by atoms with Crippen LogP contribution in [0.4, 0.5) is 0 Å². The normalized spacial score (nSPS) is 32.7. The van der Waals surface area contributed by atoms with Gasteiger partial charge in [-0.2, -0.15) is 0 Å². The summed E-state index contributed by atoms with van der Waals surface area (Å²) >= 11 is 0. The summed E-state index contributed by atoms with van der Waals surface area (Å²) in [5, 5.41) is 40.0. The Balaban J connectivity index is 3.23. The van der Waals surface area contributed by atoms with Crippen molar-refractivity contribution < 1.29 is 25.2 Å². The molecule has 5 nitrogen and oxygen atoms in total. The third-order valence-electron chi connectivity index (χ3n) is 3.87. The maximum atomic E-state index is 11.5. The lowest BCUT2D eigenvalue weighted by Gasteiger charge is -2.49. The van der Waals surface area contributed by atoms with E-state index in [9.17, 15) is 25.2 Å². The fraction of sp³-hybridized carbons (Fsp3) is 0.769. The van der Waals surface area contributed by atoms with Gasteiger partial charge in [0.25, 0.3) is 0 Å². The van der Waals surface area contributed by atoms with Crippen LogP contribution in [0.1, 0.15) is 34.1 Å². The van der Waals surface area contributed by atoms with Crippen LogP contribution in [0.25, 0.3) is 0 Å². The van der Waals surface area contributed by atoms with Gasteiger partial charge in [-0.15, -0.1) is 0 Å². The first kappa shape index (κ1) is 15.3. The molecule has 0 fully saturated rings. The first-order chi connectivity index (χ1) is 8.04. The molecule has 0 saturated heterocycles. The third-order valence-corrected chi connectivity index (χ3v) is 3.87. The average molecular weight is 258 g/mol. The van der Waals surface area contributed by atoms with Crippen molar-refractivity contribution in [2.45, 2.75) is 58.0 Å². The highest BCUT2D eigenvalue weighted by Crippen LogP contribution is 2.46. The van der Waals surface area contributed by atoms with E-state index in [1.165, 1.54) is 19.9 Å². The quantitative estimate of drug-likeness (QED) is 0.560. The Morgan fingerprint density at radius 3 is 2.17 bits per heavy atom. The highest BCUT2D eigenvalue weighted by atomic mass is 16.4. The minimum absolute atomic E-state index is 0.0738. The van der Waals surface area contributed by atoms with Crippen molar-refractivity contribution >= 4 is 5.78 Å². The molecule has 0 heterocycles. The maximum Gasteiger partial charge on any atom is 0.156 e. The molecule has 5 heteroatoms. The van der Waals surface area contributed by atoms with E-state index in [1.807, 2.05) is 0 Å². The third kappa shape index (κ3) is 2.23. The van der Waals surface area contributed by atoms with Crippen molar-refractivity contribution in [3.8, 4) is 0 Å². The van der Waals surface area contributed by atoms with E-state index < -0.39 is 29.3 Å². The lowest BCUT2D eigenvalue weighted by molar-refractivity contribution is -0.181. The number of carbonyl (C=O) groups excluding carboxylic acids is 1. The molecule has 4 atom stereocenters. The molecule has 0 aliphatic heterocycles. The minimum atomic E-state index is -1.74. The van der Waals surface area contributed by atoms with Gasteiger partial charge >= 0.3 is 0 Å². The first-order valence-corrected chi connectivity index (χ1v) is 6.02. The van der Waals surface area contributed by atoms with Crippen molar-refractivity contribution in [3.05, 3.63) is 11.6 Å². The summed E-state index contributed by atoms with van der Waals surface area (Å²) in [6.07, 6.45) is -2.86. The molecule has 0 aromatic heterocycles. The Morgan fingerprint density at radius 1 is 1.28 bits per heavy atom. The Kier molecular flexibility index (Phi) is 4.03. The summed E-state index contributed by atoms with van der Waals surface area (Å²) in [6.45, 7) is 6.17. The van der Waals surface area contributed by atoms with E-state index in [0.717, 1.165) is 0 Å². The molecule has 18 heavy (non-hydrogen) atoms. The summed E-state index contributed by atoms with van der Waals surface area (Å²) in [5.41, 5.74) is -2.36. The lowest BCUT2D eigenvalue weighted by atomic mass is 9.61. The van der Waals surface area contributed by atoms with Crippen LogP contribution in [0, 0.1) is 5.41 Å². The number of aliphatic hydroxyl groups excluding tert-OH is 3. The van der Waals surface area contributed by atoms with E-state index in [1.54, 1.807) is 13.8 Å². The van der Waals surface area contributed by atoms with E-state index in [2.05, 4.69) is 0 Å². The highest BCUT2D eigenvalue weighted by Gasteiger charge is 2.55. The number of carbonyl (C=O) groups is 1. The Bertz CT molecular complexity index is 372. The molecule has 1 aliphatic rings. The molecule has 0 saturated carbocycles. The molecule has 104 valence electrons. The number of allylic oxidation sites excluding steroid dienone is 1. The summed E-state index contributed by atoms with van der Waals surface area (Å²) in [4.78, 5) is 11.5. The Labute approximate surface area is 107 Å². The minimum Gasteiger partial charge on any atom is -0.391 e. The zero-order valence-electron chi connectivity index (χ0n) is 11.2. The van der Waals surface area contributed by atoms with Crippen molar-refractivity contribution in [1.82, 2.24) is 0 Å². The molecular formula is C13H22O5. The van der Waals surface area contributed by atoms with Crippen molar-refractivity contribution in [1.29, 1.82) is 0 Å². The maximum absolute atomic E-state index is 11.5. The molecule has 1 aliphatic carbocycles. The largest absolute Gasteiger partial charge is 0.391 e. The number of ketones is 1. The van der Waals surface area contributed by atoms with Gasteiger partial charge in [0, 0.05) is 11.8 Å². The second-order valence-corrected chi connectivity index (χ2v) is 5.80. The monoisotopic (exact) mass is 258 g/mol. The molecule has 0 unspecified atom stereocenters. The predicted octanol–water partition coefficient (Wildman–Crippen LogP) is -0.235. The van der Waals surface area contributed by atoms with Crippen LogP contribution in [0.2, 0.25) is 0 Å². The van der Waals surface area contributed by atoms with Crippen LogP contribution >= 0.6 is 0 Å². The van der Waals surface area contributed by atoms with Crippen LogP contribution in [0.15, 0.2) is 11.6 Å². The van der Waals surface area contributed by atoms with Crippen LogP contribution in [0.5, 0.6) is 0 Å². The van der Waals surface area contributed by atoms with Crippen LogP contribution in [-0.4, -0.2) is 50.1 Å². The Morgan fingerprint density at radius 2 is 1.78 bits per heavy atom. The van der Waals surface area contributed by atoms with Gasteiger partial charge in [0.05, 0.1) is 6.10 Å². The van der Waals surface area contributed by atoms with Crippen molar-refractivity contribution in [2.75, 3.05) is 0 Å². The van der Waals surface area contributed by atoms with Crippen LogP contribution in [0.3, 0.4) is 0 Å². The summed E-state index contributed by atoms with van der Waals surface area (Å²) in [5.74, 6) is -0.124. The lowest BCUT2D eigenvalue weighted by Crippen LogP contribution is -2.62. The van der Waals surface area contributed by atoms with Gasteiger partial charge in [-0.25, -0.2) is 0 Å². The summed E-state index contributed by atoms with van der Waals surface area (Å²) < 4.78 is 0. The van der Waals surface area contributed by atoms with Gasteiger partial charge in [0.1, 0.15) is 17.8 Å². The Hall–Kier alpha value is -0.750. The second-order valence-electron chi connectivity index (χ2n) is 5.80.